The van der Waals surface area contributed by atoms with Crippen molar-refractivity contribution >= 4 is 0 Å². The Labute approximate surface area is 111 Å². The van der Waals surface area contributed by atoms with Crippen molar-refractivity contribution in [3.8, 4) is 0 Å². The topological polar surface area (TPSA) is 87.5 Å². The van der Waals surface area contributed by atoms with Crippen LogP contribution in [0.2, 0.25) is 0 Å². The molecule has 0 saturated carbocycles. The van der Waals surface area contributed by atoms with E-state index in [1.54, 1.807) is 6.92 Å². The molecule has 4 atom stereocenters. The van der Waals surface area contributed by atoms with Gasteiger partial charge in [0.15, 0.2) is 0 Å². The molecular formula is C13H16N3O3. The van der Waals surface area contributed by atoms with Crippen molar-refractivity contribution in [2.75, 3.05) is 0 Å². The number of nitrogens with zero attached hydrogens (tertiary/aromatic N) is 3. The third-order valence-electron chi connectivity index (χ3n) is 3.07. The zero-order valence-corrected chi connectivity index (χ0v) is 10.6. The Hall–Kier alpha value is -1.59. The summed E-state index contributed by atoms with van der Waals surface area (Å²) in [6, 6.07) is 8.99. The molecule has 1 heterocycles. The maximum atomic E-state index is 10.1. The highest BCUT2D eigenvalue weighted by Gasteiger charge is 2.37. The van der Waals surface area contributed by atoms with Gasteiger partial charge in [0.05, 0.1) is 24.9 Å². The number of hydrogen-bond donors (Lipinski definition) is 1. The quantitative estimate of drug-likeness (QED) is 0.512. The number of benzene rings is 1. The van der Waals surface area contributed by atoms with Crippen LogP contribution in [-0.2, 0) is 16.1 Å². The van der Waals surface area contributed by atoms with E-state index in [1.165, 1.54) is 6.61 Å². The van der Waals surface area contributed by atoms with Crippen molar-refractivity contribution in [3.05, 3.63) is 52.9 Å². The summed E-state index contributed by atoms with van der Waals surface area (Å²) < 4.78 is 10.9. The first kappa shape index (κ1) is 13.8. The van der Waals surface area contributed by atoms with Crippen LogP contribution in [-0.4, -0.2) is 29.5 Å². The van der Waals surface area contributed by atoms with Crippen LogP contribution in [0, 0.1) is 6.61 Å². The molecule has 1 saturated heterocycles. The first-order chi connectivity index (χ1) is 9.22. The number of aliphatic hydroxyl groups is 1. The first-order valence-corrected chi connectivity index (χ1v) is 6.09. The molecule has 1 aliphatic heterocycles. The summed E-state index contributed by atoms with van der Waals surface area (Å²) in [6.45, 7) is 3.56. The van der Waals surface area contributed by atoms with Gasteiger partial charge in [0.25, 0.3) is 0 Å². The molecule has 1 fully saturated rings. The molecule has 0 amide bonds. The van der Waals surface area contributed by atoms with Gasteiger partial charge in [-0.1, -0.05) is 35.4 Å². The molecule has 6 nitrogen and oxygen atoms in total. The molecular weight excluding hydrogens is 246 g/mol. The lowest BCUT2D eigenvalue weighted by Crippen LogP contribution is -2.49. The molecule has 1 N–H and O–H groups in total. The molecule has 2 rings (SSSR count). The molecule has 1 aromatic rings. The smallest absolute Gasteiger partial charge is 0.115 e. The Morgan fingerprint density at radius 3 is 2.84 bits per heavy atom. The minimum atomic E-state index is -0.900. The minimum Gasteiger partial charge on any atom is -0.390 e. The Bertz CT molecular complexity index is 448. The van der Waals surface area contributed by atoms with Gasteiger partial charge in [-0.3, -0.25) is 0 Å². The lowest BCUT2D eigenvalue weighted by molar-refractivity contribution is -0.123. The van der Waals surface area contributed by atoms with Gasteiger partial charge in [0, 0.05) is 4.91 Å². The van der Waals surface area contributed by atoms with E-state index in [9.17, 15) is 5.11 Å². The highest BCUT2D eigenvalue weighted by molar-refractivity contribution is 5.13. The molecule has 1 radical (unpaired) electrons. The van der Waals surface area contributed by atoms with Crippen LogP contribution >= 0.6 is 0 Å². The Kier molecular flexibility index (Phi) is 4.76. The molecule has 0 unspecified atom stereocenters. The summed E-state index contributed by atoms with van der Waals surface area (Å²) in [5.74, 6) is 0. The van der Waals surface area contributed by atoms with Crippen LogP contribution < -0.4 is 0 Å². The van der Waals surface area contributed by atoms with E-state index >= 15 is 0 Å². The van der Waals surface area contributed by atoms with Crippen molar-refractivity contribution in [1.29, 1.82) is 0 Å². The van der Waals surface area contributed by atoms with E-state index in [2.05, 4.69) is 10.0 Å². The van der Waals surface area contributed by atoms with Crippen LogP contribution in [0.1, 0.15) is 12.5 Å². The van der Waals surface area contributed by atoms with Crippen LogP contribution in [0.4, 0.5) is 0 Å². The Morgan fingerprint density at radius 2 is 2.16 bits per heavy atom. The molecule has 1 aromatic carbocycles. The summed E-state index contributed by atoms with van der Waals surface area (Å²) in [4.78, 5) is 2.73. The summed E-state index contributed by atoms with van der Waals surface area (Å²) in [7, 11) is 0. The van der Waals surface area contributed by atoms with Gasteiger partial charge in [-0.15, -0.1) is 0 Å². The number of ether oxygens (including phenoxy) is 2. The normalized spacial score (nSPS) is 30.6. The summed E-state index contributed by atoms with van der Waals surface area (Å²) >= 11 is 0. The lowest BCUT2D eigenvalue weighted by Gasteiger charge is -2.35. The molecule has 101 valence electrons. The van der Waals surface area contributed by atoms with Gasteiger partial charge in [0.2, 0.25) is 0 Å². The van der Waals surface area contributed by atoms with Crippen LogP contribution in [0.3, 0.4) is 0 Å². The van der Waals surface area contributed by atoms with Crippen molar-refractivity contribution in [3.63, 3.8) is 0 Å². The second-order valence-corrected chi connectivity index (χ2v) is 4.42. The van der Waals surface area contributed by atoms with Crippen molar-refractivity contribution in [2.24, 2.45) is 5.11 Å². The molecule has 0 spiro atoms. The third kappa shape index (κ3) is 3.45. The Balaban J connectivity index is 1.95. The second-order valence-electron chi connectivity index (χ2n) is 4.42. The predicted octanol–water partition coefficient (Wildman–Crippen LogP) is 2.19. The fraction of sp³-hybridized carbons (Fsp3) is 0.462. The Morgan fingerprint density at radius 1 is 1.42 bits per heavy atom. The number of azide groups is 1. The molecule has 19 heavy (non-hydrogen) atoms. The number of rotatable bonds is 4. The van der Waals surface area contributed by atoms with Crippen molar-refractivity contribution in [1.82, 2.24) is 0 Å². The van der Waals surface area contributed by atoms with Gasteiger partial charge < -0.3 is 14.6 Å². The standard InChI is InChI=1S/C13H16N3O3/c1-9-12(15-16-14)13(17)11(8-18-9)19-7-10-5-3-2-4-6-10/h2-6,8-9,11-13,17H,7H2,1H3/t9-,11-,12-,13-/m1/s1. The van der Waals surface area contributed by atoms with Gasteiger partial charge in [-0.25, -0.2) is 0 Å². The van der Waals surface area contributed by atoms with E-state index < -0.39 is 18.2 Å². The lowest BCUT2D eigenvalue weighted by atomic mass is 9.99. The fourth-order valence-electron chi connectivity index (χ4n) is 1.96. The minimum absolute atomic E-state index is 0.359. The summed E-state index contributed by atoms with van der Waals surface area (Å²) in [5, 5.41) is 13.7. The maximum Gasteiger partial charge on any atom is 0.115 e. The zero-order valence-electron chi connectivity index (χ0n) is 10.6. The van der Waals surface area contributed by atoms with Gasteiger partial charge >= 0.3 is 0 Å². The average Bonchev–Trinajstić information content (AvgIpc) is 2.44. The first-order valence-electron chi connectivity index (χ1n) is 6.09. The fourth-order valence-corrected chi connectivity index (χ4v) is 1.96. The van der Waals surface area contributed by atoms with Gasteiger partial charge in [-0.05, 0) is 18.0 Å². The van der Waals surface area contributed by atoms with E-state index in [4.69, 9.17) is 15.0 Å². The van der Waals surface area contributed by atoms with Crippen LogP contribution in [0.25, 0.3) is 10.4 Å². The van der Waals surface area contributed by atoms with E-state index in [-0.39, 0.29) is 6.10 Å². The highest BCUT2D eigenvalue weighted by atomic mass is 16.6. The van der Waals surface area contributed by atoms with Gasteiger partial charge in [0.1, 0.15) is 12.7 Å². The monoisotopic (exact) mass is 262 g/mol. The third-order valence-corrected chi connectivity index (χ3v) is 3.07. The molecule has 0 aromatic heterocycles. The average molecular weight is 262 g/mol. The van der Waals surface area contributed by atoms with Crippen LogP contribution in [0.5, 0.6) is 0 Å². The molecule has 0 aliphatic carbocycles. The molecule has 6 heteroatoms. The number of hydrogen-bond acceptors (Lipinski definition) is 4. The highest BCUT2D eigenvalue weighted by Crippen LogP contribution is 2.24. The van der Waals surface area contributed by atoms with Crippen molar-refractivity contribution in [2.45, 2.75) is 37.9 Å². The van der Waals surface area contributed by atoms with E-state index in [1.807, 2.05) is 30.3 Å². The van der Waals surface area contributed by atoms with E-state index in [0.29, 0.717) is 6.61 Å². The molecule has 1 aliphatic rings. The predicted molar refractivity (Wildman–Crippen MR) is 68.8 cm³/mol. The number of aliphatic hydroxyl groups excluding tert-OH is 1. The van der Waals surface area contributed by atoms with Crippen LogP contribution in [0.15, 0.2) is 35.4 Å². The maximum absolute atomic E-state index is 10.1. The molecule has 0 bridgehead atoms. The largest absolute Gasteiger partial charge is 0.390 e. The van der Waals surface area contributed by atoms with Crippen molar-refractivity contribution < 1.29 is 14.6 Å². The van der Waals surface area contributed by atoms with E-state index in [0.717, 1.165) is 5.56 Å². The van der Waals surface area contributed by atoms with Gasteiger partial charge in [-0.2, -0.15) is 0 Å². The zero-order chi connectivity index (χ0) is 13.7. The summed E-state index contributed by atoms with van der Waals surface area (Å²) in [6.07, 6.45) is -1.86. The second kappa shape index (κ2) is 6.54. The SMILES string of the molecule is C[C@H]1O[CH][C@@H](OCc2ccccc2)[C@@H](O)[C@@H]1N=[N+]=[N-]. The summed E-state index contributed by atoms with van der Waals surface area (Å²) in [5.41, 5.74) is 9.49.